The van der Waals surface area contributed by atoms with Crippen molar-refractivity contribution >= 4 is 45.9 Å². The molecule has 0 fully saturated rings. The Bertz CT molecular complexity index is 831. The third kappa shape index (κ3) is 3.90. The van der Waals surface area contributed by atoms with Gasteiger partial charge in [0, 0.05) is 12.1 Å². The van der Waals surface area contributed by atoms with Gasteiger partial charge in [-0.1, -0.05) is 29.9 Å². The van der Waals surface area contributed by atoms with Crippen LogP contribution in [0.4, 0.5) is 0 Å². The van der Waals surface area contributed by atoms with Crippen LogP contribution in [0.5, 0.6) is 0 Å². The van der Waals surface area contributed by atoms with Gasteiger partial charge in [0.15, 0.2) is 17.4 Å². The summed E-state index contributed by atoms with van der Waals surface area (Å²) in [6.45, 7) is 0.425. The number of rotatable bonds is 6. The molecular formula is C17H14ClN2O2S2+. The lowest BCUT2D eigenvalue weighted by atomic mass is 10.1. The van der Waals surface area contributed by atoms with E-state index in [9.17, 15) is 4.79 Å². The lowest BCUT2D eigenvalue weighted by molar-refractivity contribution is -0.692. The molecule has 1 N–H and O–H groups in total. The van der Waals surface area contributed by atoms with Crippen LogP contribution in [-0.4, -0.2) is 10.8 Å². The quantitative estimate of drug-likeness (QED) is 0.403. The lowest BCUT2D eigenvalue weighted by Crippen LogP contribution is -2.51. The Balaban J connectivity index is 1.84. The summed E-state index contributed by atoms with van der Waals surface area (Å²) in [6.07, 6.45) is 5.24. The number of aromatic nitrogens is 1. The van der Waals surface area contributed by atoms with Crippen LogP contribution in [-0.2, 0) is 6.54 Å². The molecule has 1 atom stereocenters. The molecular weight excluding hydrogens is 364 g/mol. The van der Waals surface area contributed by atoms with Crippen molar-refractivity contribution in [2.24, 2.45) is 0 Å². The van der Waals surface area contributed by atoms with E-state index in [2.05, 4.69) is 5.32 Å². The average molecular weight is 378 g/mol. The van der Waals surface area contributed by atoms with E-state index in [0.717, 1.165) is 5.76 Å². The molecule has 24 heavy (non-hydrogen) atoms. The summed E-state index contributed by atoms with van der Waals surface area (Å²) in [6, 6.07) is 12.1. The standard InChI is InChI=1S/C17H13ClN2O2S2/c18-14-7-6-13(24-14)16(21)15(20-8-2-1-3-9-20)17(23)19-11-12-5-4-10-22-12/h1-10,15H,11H2/p+1/t15-/m0/s1. The predicted molar refractivity (Wildman–Crippen MR) is 97.5 cm³/mol. The van der Waals surface area contributed by atoms with E-state index >= 15 is 0 Å². The maximum Gasteiger partial charge on any atom is 0.271 e. The number of thiophene rings is 1. The van der Waals surface area contributed by atoms with Crippen LogP contribution in [0.3, 0.4) is 0 Å². The van der Waals surface area contributed by atoms with Crippen LogP contribution >= 0.6 is 35.2 Å². The van der Waals surface area contributed by atoms with Crippen molar-refractivity contribution in [2.45, 2.75) is 12.6 Å². The third-order valence-electron chi connectivity index (χ3n) is 3.37. The van der Waals surface area contributed by atoms with Gasteiger partial charge in [0.1, 0.15) is 5.76 Å². The average Bonchev–Trinajstić information content (AvgIpc) is 3.25. The Labute approximate surface area is 153 Å². The Morgan fingerprint density at radius 3 is 2.67 bits per heavy atom. The molecule has 3 aromatic heterocycles. The molecule has 0 aromatic carbocycles. The number of pyridine rings is 1. The number of nitrogens with one attached hydrogen (secondary N) is 1. The largest absolute Gasteiger partial charge is 0.467 e. The van der Waals surface area contributed by atoms with E-state index in [1.54, 1.807) is 23.0 Å². The van der Waals surface area contributed by atoms with Gasteiger partial charge in [-0.3, -0.25) is 4.79 Å². The van der Waals surface area contributed by atoms with Crippen molar-refractivity contribution in [3.8, 4) is 0 Å². The summed E-state index contributed by atoms with van der Waals surface area (Å²) < 4.78 is 7.65. The molecule has 0 saturated carbocycles. The molecule has 0 amide bonds. The number of hydrogen-bond donors (Lipinski definition) is 1. The minimum atomic E-state index is -0.633. The molecule has 0 radical (unpaired) electrons. The molecule has 3 aromatic rings. The number of ketones is 1. The maximum absolute atomic E-state index is 12.9. The minimum absolute atomic E-state index is 0.0972. The number of carbonyl (C=O) groups is 1. The van der Waals surface area contributed by atoms with E-state index < -0.39 is 6.04 Å². The van der Waals surface area contributed by atoms with Gasteiger partial charge in [0.05, 0.1) is 22.0 Å². The van der Waals surface area contributed by atoms with Gasteiger partial charge in [-0.2, -0.15) is 4.57 Å². The SMILES string of the molecule is O=C(c1ccc(Cl)s1)[C@@H](C(=S)NCc1ccco1)[n+]1ccccc1. The fourth-order valence-corrected chi connectivity index (χ4v) is 3.55. The monoisotopic (exact) mass is 377 g/mol. The summed E-state index contributed by atoms with van der Waals surface area (Å²) in [5.41, 5.74) is 0. The first-order valence-electron chi connectivity index (χ1n) is 7.20. The van der Waals surface area contributed by atoms with Crippen molar-refractivity contribution in [3.05, 3.63) is 76.1 Å². The van der Waals surface area contributed by atoms with E-state index in [4.69, 9.17) is 28.2 Å². The lowest BCUT2D eigenvalue weighted by Gasteiger charge is -2.13. The molecule has 0 saturated heterocycles. The van der Waals surface area contributed by atoms with Crippen molar-refractivity contribution in [1.82, 2.24) is 5.32 Å². The van der Waals surface area contributed by atoms with Gasteiger partial charge < -0.3 is 9.73 Å². The highest BCUT2D eigenvalue weighted by atomic mass is 35.5. The van der Waals surface area contributed by atoms with Crippen molar-refractivity contribution < 1.29 is 13.8 Å². The van der Waals surface area contributed by atoms with Crippen LogP contribution in [0.25, 0.3) is 0 Å². The Hall–Kier alpha value is -2.02. The number of hydrogen-bond acceptors (Lipinski definition) is 4. The fourth-order valence-electron chi connectivity index (χ4n) is 2.24. The molecule has 0 aliphatic heterocycles. The van der Waals surface area contributed by atoms with Crippen LogP contribution < -0.4 is 9.88 Å². The Morgan fingerprint density at radius 1 is 1.25 bits per heavy atom. The summed E-state index contributed by atoms with van der Waals surface area (Å²) in [5, 5.41) is 3.11. The second-order valence-electron chi connectivity index (χ2n) is 4.99. The zero-order valence-electron chi connectivity index (χ0n) is 12.5. The molecule has 0 unspecified atom stereocenters. The van der Waals surface area contributed by atoms with Gasteiger partial charge in [-0.25, -0.2) is 0 Å². The Morgan fingerprint density at radius 2 is 2.04 bits per heavy atom. The van der Waals surface area contributed by atoms with Crippen LogP contribution in [0, 0.1) is 0 Å². The smallest absolute Gasteiger partial charge is 0.271 e. The van der Waals surface area contributed by atoms with Crippen molar-refractivity contribution in [3.63, 3.8) is 0 Å². The summed E-state index contributed by atoms with van der Waals surface area (Å²) >= 11 is 12.7. The highest BCUT2D eigenvalue weighted by Gasteiger charge is 2.33. The van der Waals surface area contributed by atoms with Gasteiger partial charge in [-0.05, 0) is 24.3 Å². The first-order chi connectivity index (χ1) is 11.6. The van der Waals surface area contributed by atoms with E-state index in [1.807, 2.05) is 42.7 Å². The molecule has 0 aliphatic rings. The first kappa shape index (κ1) is 16.8. The molecule has 3 rings (SSSR count). The third-order valence-corrected chi connectivity index (χ3v) is 4.98. The van der Waals surface area contributed by atoms with Crippen LogP contribution in [0.2, 0.25) is 4.34 Å². The molecule has 0 spiro atoms. The van der Waals surface area contributed by atoms with E-state index in [0.29, 0.717) is 20.7 Å². The normalized spacial score (nSPS) is 11.9. The summed E-state index contributed by atoms with van der Waals surface area (Å²) in [4.78, 5) is 13.9. The zero-order chi connectivity index (χ0) is 16.9. The topological polar surface area (TPSA) is 46.1 Å². The van der Waals surface area contributed by atoms with Gasteiger partial charge in [0.2, 0.25) is 5.78 Å². The van der Waals surface area contributed by atoms with Crippen molar-refractivity contribution in [2.75, 3.05) is 0 Å². The van der Waals surface area contributed by atoms with Gasteiger partial charge in [-0.15, -0.1) is 11.3 Å². The van der Waals surface area contributed by atoms with Crippen LogP contribution in [0.1, 0.15) is 21.5 Å². The molecule has 0 aliphatic carbocycles. The summed E-state index contributed by atoms with van der Waals surface area (Å²) in [7, 11) is 0. The molecule has 122 valence electrons. The Kier molecular flexibility index (Phi) is 5.40. The first-order valence-corrected chi connectivity index (χ1v) is 8.81. The number of thiocarbonyl (C=S) groups is 1. The number of carbonyl (C=O) groups excluding carboxylic acids is 1. The predicted octanol–water partition coefficient (Wildman–Crippen LogP) is 3.82. The molecule has 7 heteroatoms. The second kappa shape index (κ2) is 7.70. The highest BCUT2D eigenvalue weighted by molar-refractivity contribution is 7.80. The maximum atomic E-state index is 12.9. The van der Waals surface area contributed by atoms with Gasteiger partial charge >= 0.3 is 0 Å². The van der Waals surface area contributed by atoms with Gasteiger partial charge in [0.25, 0.3) is 6.04 Å². The number of halogens is 1. The fraction of sp³-hybridized carbons (Fsp3) is 0.118. The minimum Gasteiger partial charge on any atom is -0.467 e. The van der Waals surface area contributed by atoms with E-state index in [-0.39, 0.29) is 5.78 Å². The van der Waals surface area contributed by atoms with Crippen molar-refractivity contribution in [1.29, 1.82) is 0 Å². The second-order valence-corrected chi connectivity index (χ2v) is 7.15. The summed E-state index contributed by atoms with van der Waals surface area (Å²) in [5.74, 6) is 0.654. The van der Waals surface area contributed by atoms with Crippen LogP contribution in [0.15, 0.2) is 65.5 Å². The highest BCUT2D eigenvalue weighted by Crippen LogP contribution is 2.24. The van der Waals surface area contributed by atoms with E-state index in [1.165, 1.54) is 11.3 Å². The number of furan rings is 1. The molecule has 4 nitrogen and oxygen atoms in total. The number of nitrogens with zero attached hydrogens (tertiary/aromatic N) is 1. The number of Topliss-reactive ketones (excluding diaryl/α,β-unsaturated/α-hetero) is 1. The molecule has 3 heterocycles. The molecule has 0 bridgehead atoms. The zero-order valence-corrected chi connectivity index (χ0v) is 14.9.